The standard InChI is InChI=1S/C18H18N4O4S/c1-3-26-17(25)15-10(2)27-18(22-15)21-14(23)9-8-13-19-12-7-5-4-6-11(12)16(24)20-13/h4-7,11H,3,8-9H2,1-2H3,(H,21,22,23). The zero-order valence-electron chi connectivity index (χ0n) is 14.9. The first-order valence-corrected chi connectivity index (χ1v) is 9.29. The SMILES string of the molecule is CCOC(=O)c1nc(NC(=O)CCC2=NC(=O)C3C=CC=CC3=N2)sc1C. The van der Waals surface area contributed by atoms with E-state index in [1.807, 2.05) is 6.08 Å². The number of carbonyl (C=O) groups is 3. The highest BCUT2D eigenvalue weighted by atomic mass is 32.1. The molecule has 1 aromatic heterocycles. The van der Waals surface area contributed by atoms with Crippen LogP contribution in [0.5, 0.6) is 0 Å². The number of amides is 2. The molecule has 0 spiro atoms. The molecular formula is C18H18N4O4S. The summed E-state index contributed by atoms with van der Waals surface area (Å²) >= 11 is 1.20. The number of aromatic nitrogens is 1. The molecule has 1 unspecified atom stereocenters. The Bertz CT molecular complexity index is 910. The summed E-state index contributed by atoms with van der Waals surface area (Å²) < 4.78 is 4.93. The zero-order chi connectivity index (χ0) is 19.4. The van der Waals surface area contributed by atoms with Crippen LogP contribution < -0.4 is 5.32 Å². The van der Waals surface area contributed by atoms with Gasteiger partial charge in [-0.2, -0.15) is 4.99 Å². The Morgan fingerprint density at radius 1 is 1.30 bits per heavy atom. The number of esters is 1. The molecular weight excluding hydrogens is 368 g/mol. The minimum atomic E-state index is -0.512. The van der Waals surface area contributed by atoms with E-state index in [4.69, 9.17) is 4.74 Å². The molecule has 1 aliphatic heterocycles. The van der Waals surface area contributed by atoms with Crippen LogP contribution in [0.3, 0.4) is 0 Å². The fraction of sp³-hybridized carbons (Fsp3) is 0.333. The second kappa shape index (κ2) is 8.17. The molecule has 27 heavy (non-hydrogen) atoms. The lowest BCUT2D eigenvalue weighted by Gasteiger charge is -2.17. The Hall–Kier alpha value is -2.94. The van der Waals surface area contributed by atoms with Crippen LogP contribution in [0.2, 0.25) is 0 Å². The maximum Gasteiger partial charge on any atom is 0.358 e. The summed E-state index contributed by atoms with van der Waals surface area (Å²) in [4.78, 5) is 49.1. The van der Waals surface area contributed by atoms with E-state index in [0.29, 0.717) is 21.6 Å². The van der Waals surface area contributed by atoms with Crippen LogP contribution in [0.1, 0.15) is 35.1 Å². The van der Waals surface area contributed by atoms with Crippen molar-refractivity contribution in [1.29, 1.82) is 0 Å². The van der Waals surface area contributed by atoms with Crippen molar-refractivity contribution in [3.8, 4) is 0 Å². The quantitative estimate of drug-likeness (QED) is 0.755. The van der Waals surface area contributed by atoms with Gasteiger partial charge in [0.05, 0.1) is 12.3 Å². The maximum atomic E-state index is 12.2. The van der Waals surface area contributed by atoms with Crippen molar-refractivity contribution in [2.24, 2.45) is 15.9 Å². The number of aryl methyl sites for hydroxylation is 1. The third kappa shape index (κ3) is 4.43. The van der Waals surface area contributed by atoms with Gasteiger partial charge in [-0.1, -0.05) is 18.2 Å². The van der Waals surface area contributed by atoms with Crippen molar-refractivity contribution in [2.75, 3.05) is 11.9 Å². The molecule has 1 atom stereocenters. The molecule has 0 saturated carbocycles. The number of ether oxygens (including phenoxy) is 1. The van der Waals surface area contributed by atoms with Crippen LogP contribution in [-0.4, -0.2) is 40.9 Å². The van der Waals surface area contributed by atoms with E-state index in [-0.39, 0.29) is 37.0 Å². The Labute approximate surface area is 159 Å². The van der Waals surface area contributed by atoms with Gasteiger partial charge in [-0.05, 0) is 19.9 Å². The zero-order valence-corrected chi connectivity index (χ0v) is 15.7. The molecule has 2 heterocycles. The van der Waals surface area contributed by atoms with Crippen molar-refractivity contribution in [1.82, 2.24) is 4.98 Å². The van der Waals surface area contributed by atoms with E-state index in [1.165, 1.54) is 11.3 Å². The summed E-state index contributed by atoms with van der Waals surface area (Å²) in [7, 11) is 0. The molecule has 0 fully saturated rings. The highest BCUT2D eigenvalue weighted by Gasteiger charge is 2.26. The lowest BCUT2D eigenvalue weighted by atomic mass is 9.96. The van der Waals surface area contributed by atoms with Gasteiger partial charge in [0.25, 0.3) is 5.91 Å². The highest BCUT2D eigenvalue weighted by molar-refractivity contribution is 7.16. The van der Waals surface area contributed by atoms with Crippen LogP contribution in [0.25, 0.3) is 0 Å². The Morgan fingerprint density at radius 2 is 2.11 bits per heavy atom. The number of nitrogens with one attached hydrogen (secondary N) is 1. The molecule has 140 valence electrons. The van der Waals surface area contributed by atoms with Crippen molar-refractivity contribution >= 4 is 45.8 Å². The number of amidine groups is 1. The Balaban J connectivity index is 1.58. The van der Waals surface area contributed by atoms with Gasteiger partial charge in [0.15, 0.2) is 10.8 Å². The normalized spacial score (nSPS) is 17.9. The average Bonchev–Trinajstić information content (AvgIpc) is 3.00. The molecule has 8 nitrogen and oxygen atoms in total. The number of anilines is 1. The van der Waals surface area contributed by atoms with Gasteiger partial charge >= 0.3 is 5.97 Å². The van der Waals surface area contributed by atoms with Crippen molar-refractivity contribution < 1.29 is 19.1 Å². The Morgan fingerprint density at radius 3 is 2.89 bits per heavy atom. The van der Waals surface area contributed by atoms with Gasteiger partial charge < -0.3 is 10.1 Å². The van der Waals surface area contributed by atoms with Crippen LogP contribution in [0, 0.1) is 12.8 Å². The van der Waals surface area contributed by atoms with Gasteiger partial charge in [-0.3, -0.25) is 9.59 Å². The molecule has 0 radical (unpaired) electrons. The van der Waals surface area contributed by atoms with Gasteiger partial charge in [0.2, 0.25) is 5.91 Å². The average molecular weight is 386 g/mol. The lowest BCUT2D eigenvalue weighted by Crippen LogP contribution is -2.27. The van der Waals surface area contributed by atoms with E-state index in [1.54, 1.807) is 32.1 Å². The molecule has 1 aromatic rings. The topological polar surface area (TPSA) is 110 Å². The van der Waals surface area contributed by atoms with Crippen molar-refractivity contribution in [3.63, 3.8) is 0 Å². The van der Waals surface area contributed by atoms with Gasteiger partial charge in [0, 0.05) is 17.7 Å². The molecule has 0 bridgehead atoms. The summed E-state index contributed by atoms with van der Waals surface area (Å²) in [6.45, 7) is 3.71. The lowest BCUT2D eigenvalue weighted by molar-refractivity contribution is -0.119. The third-order valence-corrected chi connectivity index (χ3v) is 4.74. The van der Waals surface area contributed by atoms with E-state index >= 15 is 0 Å². The number of nitrogens with zero attached hydrogens (tertiary/aromatic N) is 3. The summed E-state index contributed by atoms with van der Waals surface area (Å²) in [5.74, 6) is -1.17. The first-order chi connectivity index (χ1) is 13.0. The number of allylic oxidation sites excluding steroid dienone is 3. The van der Waals surface area contributed by atoms with E-state index < -0.39 is 11.9 Å². The highest BCUT2D eigenvalue weighted by Crippen LogP contribution is 2.23. The predicted molar refractivity (Wildman–Crippen MR) is 102 cm³/mol. The minimum absolute atomic E-state index is 0.0977. The monoisotopic (exact) mass is 386 g/mol. The van der Waals surface area contributed by atoms with Crippen LogP contribution in [-0.2, 0) is 14.3 Å². The van der Waals surface area contributed by atoms with E-state index in [9.17, 15) is 14.4 Å². The number of hydrogen-bond donors (Lipinski definition) is 1. The summed E-state index contributed by atoms with van der Waals surface area (Å²) in [6.07, 6.45) is 7.45. The number of hydrogen-bond acceptors (Lipinski definition) is 7. The summed E-state index contributed by atoms with van der Waals surface area (Å²) in [5.41, 5.74) is 0.844. The van der Waals surface area contributed by atoms with Gasteiger partial charge in [-0.25, -0.2) is 14.8 Å². The van der Waals surface area contributed by atoms with Crippen LogP contribution >= 0.6 is 11.3 Å². The largest absolute Gasteiger partial charge is 0.461 e. The number of fused-ring (bicyclic) bond motifs is 1. The van der Waals surface area contributed by atoms with Crippen molar-refractivity contribution in [2.45, 2.75) is 26.7 Å². The number of rotatable bonds is 6. The third-order valence-electron chi connectivity index (χ3n) is 3.85. The molecule has 9 heteroatoms. The first kappa shape index (κ1) is 18.8. The number of aliphatic imine (C=N–C) groups is 2. The van der Waals surface area contributed by atoms with Gasteiger partial charge in [0.1, 0.15) is 11.8 Å². The van der Waals surface area contributed by atoms with Gasteiger partial charge in [-0.15, -0.1) is 11.3 Å². The smallest absolute Gasteiger partial charge is 0.358 e. The number of carbonyl (C=O) groups excluding carboxylic acids is 3. The van der Waals surface area contributed by atoms with Crippen LogP contribution in [0.15, 0.2) is 34.3 Å². The van der Waals surface area contributed by atoms with E-state index in [2.05, 4.69) is 20.3 Å². The predicted octanol–water partition coefficient (Wildman–Crippen LogP) is 2.47. The molecule has 2 amide bonds. The van der Waals surface area contributed by atoms with E-state index in [0.717, 1.165) is 0 Å². The summed E-state index contributed by atoms with van der Waals surface area (Å²) in [6, 6.07) is 0. The minimum Gasteiger partial charge on any atom is -0.461 e. The molecule has 0 saturated heterocycles. The number of thiazole rings is 1. The molecule has 3 rings (SSSR count). The second-order valence-corrected chi connectivity index (χ2v) is 7.02. The maximum absolute atomic E-state index is 12.2. The molecule has 2 aliphatic rings. The first-order valence-electron chi connectivity index (χ1n) is 8.47. The van der Waals surface area contributed by atoms with Crippen LogP contribution in [0.4, 0.5) is 5.13 Å². The molecule has 1 N–H and O–H groups in total. The van der Waals surface area contributed by atoms with Crippen molar-refractivity contribution in [3.05, 3.63) is 34.9 Å². The Kier molecular flexibility index (Phi) is 5.70. The molecule has 1 aliphatic carbocycles. The summed E-state index contributed by atoms with van der Waals surface area (Å²) in [5, 5.41) is 2.98. The fourth-order valence-corrected chi connectivity index (χ4v) is 3.39. The molecule has 0 aromatic carbocycles. The second-order valence-electron chi connectivity index (χ2n) is 5.82. The fourth-order valence-electron chi connectivity index (χ4n) is 2.58.